The minimum absolute atomic E-state index is 0.457. The second-order valence-corrected chi connectivity index (χ2v) is 4.80. The Morgan fingerprint density at radius 1 is 1.06 bits per heavy atom. The van der Waals surface area contributed by atoms with Crippen LogP contribution in [0.3, 0.4) is 0 Å². The molecule has 2 aromatic rings. The summed E-state index contributed by atoms with van der Waals surface area (Å²) in [5.41, 5.74) is 9.94. The first-order valence-electron chi connectivity index (χ1n) is 6.02. The fraction of sp³-hybridized carbons (Fsp3) is 0.357. The van der Waals surface area contributed by atoms with E-state index in [1.165, 1.54) is 0 Å². The highest BCUT2D eigenvalue weighted by Crippen LogP contribution is 2.31. The van der Waals surface area contributed by atoms with Gasteiger partial charge in [0.1, 0.15) is 0 Å². The first kappa shape index (κ1) is 12.6. The Kier molecular flexibility index (Phi) is 3.39. The van der Waals surface area contributed by atoms with Crippen LogP contribution in [0.25, 0.3) is 10.9 Å². The topological polar surface area (TPSA) is 45.4 Å². The molecule has 1 heterocycles. The fourth-order valence-electron chi connectivity index (χ4n) is 2.10. The molecule has 0 fully saturated rings. The van der Waals surface area contributed by atoms with E-state index in [9.17, 15) is 0 Å². The molecule has 0 saturated heterocycles. The molecule has 0 radical (unpaired) electrons. The third-order valence-electron chi connectivity index (χ3n) is 3.02. The molecule has 18 heavy (non-hydrogen) atoms. The molecular formula is C14H20N4. The molecule has 0 spiro atoms. The van der Waals surface area contributed by atoms with Crippen LogP contribution in [0.5, 0.6) is 0 Å². The summed E-state index contributed by atoms with van der Waals surface area (Å²) < 4.78 is 0. The lowest BCUT2D eigenvalue weighted by Crippen LogP contribution is -2.14. The van der Waals surface area contributed by atoms with Gasteiger partial charge in [0.15, 0.2) is 0 Å². The van der Waals surface area contributed by atoms with Crippen LogP contribution in [-0.2, 0) is 6.54 Å². The average molecular weight is 244 g/mol. The van der Waals surface area contributed by atoms with Crippen LogP contribution in [0.1, 0.15) is 5.69 Å². The van der Waals surface area contributed by atoms with Crippen molar-refractivity contribution < 1.29 is 0 Å². The van der Waals surface area contributed by atoms with Crippen LogP contribution in [0.15, 0.2) is 24.3 Å². The van der Waals surface area contributed by atoms with Gasteiger partial charge in [-0.3, -0.25) is 0 Å². The van der Waals surface area contributed by atoms with E-state index in [2.05, 4.69) is 39.0 Å². The van der Waals surface area contributed by atoms with E-state index >= 15 is 0 Å². The number of aromatic nitrogens is 1. The number of hydrogen-bond donors (Lipinski definition) is 1. The van der Waals surface area contributed by atoms with Gasteiger partial charge in [-0.15, -0.1) is 0 Å². The van der Waals surface area contributed by atoms with Crippen molar-refractivity contribution in [2.45, 2.75) is 6.54 Å². The van der Waals surface area contributed by atoms with E-state index in [4.69, 9.17) is 5.73 Å². The third kappa shape index (κ3) is 2.11. The van der Waals surface area contributed by atoms with E-state index in [1.807, 2.05) is 28.2 Å². The Bertz CT molecular complexity index is 561. The Hall–Kier alpha value is -1.81. The average Bonchev–Trinajstić information content (AvgIpc) is 2.36. The maximum atomic E-state index is 5.74. The van der Waals surface area contributed by atoms with Gasteiger partial charge in [0.25, 0.3) is 0 Å². The van der Waals surface area contributed by atoms with Gasteiger partial charge in [0.2, 0.25) is 0 Å². The van der Waals surface area contributed by atoms with E-state index in [0.29, 0.717) is 6.54 Å². The van der Waals surface area contributed by atoms with Crippen LogP contribution in [0.2, 0.25) is 0 Å². The zero-order chi connectivity index (χ0) is 13.3. The number of rotatable bonds is 3. The van der Waals surface area contributed by atoms with Gasteiger partial charge in [-0.2, -0.15) is 0 Å². The number of benzene rings is 1. The van der Waals surface area contributed by atoms with Crippen molar-refractivity contribution in [1.29, 1.82) is 0 Å². The molecule has 2 rings (SSSR count). The predicted molar refractivity (Wildman–Crippen MR) is 78.3 cm³/mol. The molecule has 0 atom stereocenters. The molecule has 0 amide bonds. The van der Waals surface area contributed by atoms with Crippen molar-refractivity contribution in [1.82, 2.24) is 4.98 Å². The van der Waals surface area contributed by atoms with Crippen LogP contribution in [0.4, 0.5) is 11.4 Å². The monoisotopic (exact) mass is 244 g/mol. The second-order valence-electron chi connectivity index (χ2n) is 4.80. The third-order valence-corrected chi connectivity index (χ3v) is 3.02. The number of pyridine rings is 1. The molecule has 0 aliphatic carbocycles. The summed E-state index contributed by atoms with van der Waals surface area (Å²) in [5, 5.41) is 1.16. The summed E-state index contributed by atoms with van der Waals surface area (Å²) in [6.07, 6.45) is 0. The lowest BCUT2D eigenvalue weighted by atomic mass is 10.1. The Labute approximate surface area is 108 Å². The summed E-state index contributed by atoms with van der Waals surface area (Å²) in [6, 6.07) is 8.30. The van der Waals surface area contributed by atoms with E-state index in [0.717, 1.165) is 28.0 Å². The van der Waals surface area contributed by atoms with Crippen LogP contribution in [-0.4, -0.2) is 33.2 Å². The molecule has 4 heteroatoms. The van der Waals surface area contributed by atoms with Crippen molar-refractivity contribution in [3.8, 4) is 0 Å². The van der Waals surface area contributed by atoms with Gasteiger partial charge in [-0.05, 0) is 12.1 Å². The number of fused-ring (bicyclic) bond motifs is 1. The molecule has 96 valence electrons. The van der Waals surface area contributed by atoms with Gasteiger partial charge in [0, 0.05) is 45.8 Å². The number of nitrogens with two attached hydrogens (primary N) is 1. The van der Waals surface area contributed by atoms with Crippen LogP contribution in [0, 0.1) is 0 Å². The number of nitrogens with zero attached hydrogens (tertiary/aromatic N) is 3. The lowest BCUT2D eigenvalue weighted by Gasteiger charge is -2.20. The second kappa shape index (κ2) is 4.82. The predicted octanol–water partition coefficient (Wildman–Crippen LogP) is 1.83. The van der Waals surface area contributed by atoms with E-state index in [-0.39, 0.29) is 0 Å². The molecule has 0 aliphatic heterocycles. The molecule has 0 aliphatic rings. The molecule has 4 nitrogen and oxygen atoms in total. The smallest absolute Gasteiger partial charge is 0.0959 e. The number of hydrogen-bond acceptors (Lipinski definition) is 4. The zero-order valence-electron chi connectivity index (χ0n) is 11.4. The minimum atomic E-state index is 0.457. The molecule has 2 N–H and O–H groups in total. The first-order chi connectivity index (χ1) is 8.54. The van der Waals surface area contributed by atoms with Crippen molar-refractivity contribution in [3.05, 3.63) is 30.0 Å². The van der Waals surface area contributed by atoms with Crippen LogP contribution >= 0.6 is 0 Å². The molecular weight excluding hydrogens is 224 g/mol. The highest BCUT2D eigenvalue weighted by Gasteiger charge is 2.11. The van der Waals surface area contributed by atoms with Gasteiger partial charge in [-0.1, -0.05) is 12.1 Å². The largest absolute Gasteiger partial charge is 0.377 e. The maximum Gasteiger partial charge on any atom is 0.0959 e. The van der Waals surface area contributed by atoms with Crippen molar-refractivity contribution in [3.63, 3.8) is 0 Å². The van der Waals surface area contributed by atoms with Crippen molar-refractivity contribution >= 4 is 22.3 Å². The summed E-state index contributed by atoms with van der Waals surface area (Å²) >= 11 is 0. The lowest BCUT2D eigenvalue weighted by molar-refractivity contribution is 0.996. The normalized spacial score (nSPS) is 10.7. The van der Waals surface area contributed by atoms with Gasteiger partial charge in [0.05, 0.1) is 16.9 Å². The van der Waals surface area contributed by atoms with Crippen molar-refractivity contribution in [2.24, 2.45) is 5.73 Å². The Morgan fingerprint density at radius 3 is 2.28 bits per heavy atom. The molecule has 1 aromatic carbocycles. The molecule has 0 saturated carbocycles. The van der Waals surface area contributed by atoms with Gasteiger partial charge >= 0.3 is 0 Å². The Morgan fingerprint density at radius 2 is 1.72 bits per heavy atom. The van der Waals surface area contributed by atoms with Gasteiger partial charge in [-0.25, -0.2) is 4.98 Å². The SMILES string of the molecule is CN(C)c1cc(CN)nc2c(N(C)C)cccc12. The fourth-order valence-corrected chi connectivity index (χ4v) is 2.10. The molecule has 1 aromatic heterocycles. The summed E-state index contributed by atoms with van der Waals surface area (Å²) in [5.74, 6) is 0. The number of para-hydroxylation sites is 1. The minimum Gasteiger partial charge on any atom is -0.377 e. The van der Waals surface area contributed by atoms with Crippen molar-refractivity contribution in [2.75, 3.05) is 38.0 Å². The standard InChI is InChI=1S/C14H20N4/c1-17(2)12-7-5-6-11-13(18(3)4)8-10(9-15)16-14(11)12/h5-8H,9,15H2,1-4H3. The number of anilines is 2. The molecule has 0 unspecified atom stereocenters. The van der Waals surface area contributed by atoms with E-state index in [1.54, 1.807) is 0 Å². The quantitative estimate of drug-likeness (QED) is 0.894. The van der Waals surface area contributed by atoms with Gasteiger partial charge < -0.3 is 15.5 Å². The maximum absolute atomic E-state index is 5.74. The van der Waals surface area contributed by atoms with E-state index < -0.39 is 0 Å². The zero-order valence-corrected chi connectivity index (χ0v) is 11.4. The van der Waals surface area contributed by atoms with Crippen LogP contribution < -0.4 is 15.5 Å². The Balaban J connectivity index is 2.81. The molecule has 0 bridgehead atoms. The summed E-state index contributed by atoms with van der Waals surface area (Å²) in [7, 11) is 8.14. The summed E-state index contributed by atoms with van der Waals surface area (Å²) in [6.45, 7) is 0.457. The highest BCUT2D eigenvalue weighted by molar-refractivity contribution is 5.99. The first-order valence-corrected chi connectivity index (χ1v) is 6.02. The summed E-state index contributed by atoms with van der Waals surface area (Å²) in [4.78, 5) is 8.84. The highest BCUT2D eigenvalue weighted by atomic mass is 15.1.